The Balaban J connectivity index is 1.80. The number of rotatable bonds is 4. The van der Waals surface area contributed by atoms with E-state index in [0.717, 1.165) is 37.3 Å². The van der Waals surface area contributed by atoms with Crippen molar-refractivity contribution in [2.24, 2.45) is 0 Å². The zero-order chi connectivity index (χ0) is 16.5. The molecule has 3 heterocycles. The Hall–Kier alpha value is -1.91. The van der Waals surface area contributed by atoms with Crippen molar-refractivity contribution in [3.63, 3.8) is 0 Å². The molecule has 124 valence electrons. The highest BCUT2D eigenvalue weighted by molar-refractivity contribution is 6.18. The van der Waals surface area contributed by atoms with Gasteiger partial charge in [0.2, 0.25) is 0 Å². The fourth-order valence-corrected chi connectivity index (χ4v) is 3.85. The van der Waals surface area contributed by atoms with Gasteiger partial charge in [0.25, 0.3) is 0 Å². The molecule has 0 aliphatic carbocycles. The van der Waals surface area contributed by atoms with Crippen LogP contribution in [0.1, 0.15) is 16.8 Å². The molecule has 3 nitrogen and oxygen atoms in total. The van der Waals surface area contributed by atoms with Crippen LogP contribution in [0.15, 0.2) is 42.6 Å². The number of benzene rings is 1. The lowest BCUT2D eigenvalue weighted by Crippen LogP contribution is -2.33. The number of hydrogen-bond acceptors (Lipinski definition) is 2. The topological polar surface area (TPSA) is 21.1 Å². The number of halogens is 2. The van der Waals surface area contributed by atoms with Crippen LogP contribution in [-0.2, 0) is 19.5 Å². The average molecular weight is 344 g/mol. The van der Waals surface area contributed by atoms with Crippen LogP contribution in [0.2, 0.25) is 0 Å². The molecule has 4 rings (SSSR count). The second-order valence-electron chi connectivity index (χ2n) is 6.23. The summed E-state index contributed by atoms with van der Waals surface area (Å²) in [5.41, 5.74) is 4.60. The number of aromatic nitrogens is 2. The van der Waals surface area contributed by atoms with Gasteiger partial charge in [-0.05, 0) is 41.8 Å². The predicted molar refractivity (Wildman–Crippen MR) is 94.9 cm³/mol. The molecular weight excluding hydrogens is 325 g/mol. The first-order chi connectivity index (χ1) is 11.8. The van der Waals surface area contributed by atoms with Gasteiger partial charge in [0.1, 0.15) is 11.5 Å². The lowest BCUT2D eigenvalue weighted by Gasteiger charge is -2.27. The van der Waals surface area contributed by atoms with E-state index in [9.17, 15) is 4.39 Å². The SMILES string of the molecule is Fc1cccc(Cn2c3c(c4cccnc42)CCN(CCCl)C3)c1. The molecule has 0 fully saturated rings. The highest BCUT2D eigenvalue weighted by Crippen LogP contribution is 2.30. The van der Waals surface area contributed by atoms with Crippen molar-refractivity contribution >= 4 is 22.6 Å². The Morgan fingerprint density at radius 3 is 2.96 bits per heavy atom. The van der Waals surface area contributed by atoms with Gasteiger partial charge >= 0.3 is 0 Å². The van der Waals surface area contributed by atoms with Crippen LogP contribution in [0.25, 0.3) is 11.0 Å². The number of hydrogen-bond donors (Lipinski definition) is 0. The smallest absolute Gasteiger partial charge is 0.140 e. The highest BCUT2D eigenvalue weighted by atomic mass is 35.5. The van der Waals surface area contributed by atoms with E-state index in [4.69, 9.17) is 11.6 Å². The number of pyridine rings is 1. The molecule has 0 saturated carbocycles. The Kier molecular flexibility index (Phi) is 4.25. The van der Waals surface area contributed by atoms with Crippen LogP contribution in [-0.4, -0.2) is 33.4 Å². The van der Waals surface area contributed by atoms with Crippen molar-refractivity contribution < 1.29 is 4.39 Å². The average Bonchev–Trinajstić information content (AvgIpc) is 2.89. The fraction of sp³-hybridized carbons (Fsp3) is 0.316. The molecule has 1 aromatic carbocycles. The summed E-state index contributed by atoms with van der Waals surface area (Å²) in [6.45, 7) is 3.41. The van der Waals surface area contributed by atoms with E-state index in [0.29, 0.717) is 12.4 Å². The van der Waals surface area contributed by atoms with E-state index in [-0.39, 0.29) is 5.82 Å². The molecule has 0 bridgehead atoms. The molecule has 3 aromatic rings. The van der Waals surface area contributed by atoms with Gasteiger partial charge in [0.15, 0.2) is 0 Å². The first kappa shape index (κ1) is 15.6. The fourth-order valence-electron chi connectivity index (χ4n) is 3.61. The van der Waals surface area contributed by atoms with Crippen LogP contribution in [0.3, 0.4) is 0 Å². The van der Waals surface area contributed by atoms with E-state index >= 15 is 0 Å². The maximum absolute atomic E-state index is 13.6. The summed E-state index contributed by atoms with van der Waals surface area (Å²) in [6.07, 6.45) is 2.83. The van der Waals surface area contributed by atoms with Gasteiger partial charge in [-0.15, -0.1) is 11.6 Å². The molecule has 0 radical (unpaired) electrons. The van der Waals surface area contributed by atoms with Gasteiger partial charge in [-0.2, -0.15) is 0 Å². The molecule has 0 unspecified atom stereocenters. The van der Waals surface area contributed by atoms with Crippen molar-refractivity contribution in [1.82, 2.24) is 14.5 Å². The lowest BCUT2D eigenvalue weighted by atomic mass is 10.0. The van der Waals surface area contributed by atoms with Gasteiger partial charge in [-0.3, -0.25) is 4.90 Å². The van der Waals surface area contributed by atoms with E-state index in [2.05, 4.69) is 20.5 Å². The molecule has 0 N–H and O–H groups in total. The van der Waals surface area contributed by atoms with Crippen molar-refractivity contribution in [3.8, 4) is 0 Å². The highest BCUT2D eigenvalue weighted by Gasteiger charge is 2.24. The van der Waals surface area contributed by atoms with E-state index in [1.165, 1.54) is 22.7 Å². The predicted octanol–water partition coefficient (Wildman–Crippen LogP) is 3.82. The Labute approximate surface area is 145 Å². The van der Waals surface area contributed by atoms with E-state index in [1.807, 2.05) is 18.3 Å². The van der Waals surface area contributed by atoms with Crippen LogP contribution in [0, 0.1) is 5.82 Å². The molecule has 1 aliphatic rings. The minimum atomic E-state index is -0.199. The van der Waals surface area contributed by atoms with E-state index < -0.39 is 0 Å². The molecule has 0 saturated heterocycles. The summed E-state index contributed by atoms with van der Waals surface area (Å²) in [6, 6.07) is 10.9. The molecule has 2 aromatic heterocycles. The Morgan fingerprint density at radius 2 is 2.12 bits per heavy atom. The van der Waals surface area contributed by atoms with Crippen LogP contribution < -0.4 is 0 Å². The van der Waals surface area contributed by atoms with Crippen molar-refractivity contribution in [2.75, 3.05) is 19.0 Å². The standard InChI is InChI=1S/C19H19ClFN3/c20-7-10-23-9-6-16-17-5-2-8-22-19(17)24(18(16)13-23)12-14-3-1-4-15(21)11-14/h1-5,8,11H,6-7,9-10,12-13H2. The second kappa shape index (κ2) is 6.54. The van der Waals surface area contributed by atoms with Gasteiger partial charge in [-0.25, -0.2) is 9.37 Å². The maximum Gasteiger partial charge on any atom is 0.140 e. The third kappa shape index (κ3) is 2.80. The third-order valence-corrected chi connectivity index (χ3v) is 4.89. The number of fused-ring (bicyclic) bond motifs is 3. The first-order valence-electron chi connectivity index (χ1n) is 8.24. The Bertz CT molecular complexity index is 874. The van der Waals surface area contributed by atoms with Crippen LogP contribution in [0.4, 0.5) is 4.39 Å². The summed E-state index contributed by atoms with van der Waals surface area (Å²) in [7, 11) is 0. The lowest BCUT2D eigenvalue weighted by molar-refractivity contribution is 0.262. The summed E-state index contributed by atoms with van der Waals surface area (Å²) in [4.78, 5) is 6.97. The minimum absolute atomic E-state index is 0.199. The molecular formula is C19H19ClFN3. The summed E-state index contributed by atoms with van der Waals surface area (Å²) in [5, 5.41) is 1.22. The molecule has 0 atom stereocenters. The monoisotopic (exact) mass is 343 g/mol. The van der Waals surface area contributed by atoms with Crippen molar-refractivity contribution in [3.05, 3.63) is 65.2 Å². The van der Waals surface area contributed by atoms with Gasteiger partial charge in [0.05, 0.1) is 0 Å². The second-order valence-corrected chi connectivity index (χ2v) is 6.61. The van der Waals surface area contributed by atoms with Gasteiger partial charge < -0.3 is 4.57 Å². The number of nitrogens with zero attached hydrogens (tertiary/aromatic N) is 3. The Morgan fingerprint density at radius 1 is 1.21 bits per heavy atom. The zero-order valence-corrected chi connectivity index (χ0v) is 14.1. The summed E-state index contributed by atoms with van der Waals surface area (Å²) < 4.78 is 15.8. The summed E-state index contributed by atoms with van der Waals surface area (Å²) >= 11 is 5.93. The quantitative estimate of drug-likeness (QED) is 0.671. The first-order valence-corrected chi connectivity index (χ1v) is 8.77. The van der Waals surface area contributed by atoms with Gasteiger partial charge in [0, 0.05) is 49.3 Å². The van der Waals surface area contributed by atoms with Gasteiger partial charge in [-0.1, -0.05) is 12.1 Å². The zero-order valence-electron chi connectivity index (χ0n) is 13.4. The molecule has 0 amide bonds. The minimum Gasteiger partial charge on any atom is -0.324 e. The van der Waals surface area contributed by atoms with E-state index in [1.54, 1.807) is 12.1 Å². The normalized spacial score (nSPS) is 14.9. The largest absolute Gasteiger partial charge is 0.324 e. The van der Waals surface area contributed by atoms with Crippen molar-refractivity contribution in [1.29, 1.82) is 0 Å². The molecule has 1 aliphatic heterocycles. The molecule has 24 heavy (non-hydrogen) atoms. The third-order valence-electron chi connectivity index (χ3n) is 4.72. The van der Waals surface area contributed by atoms with Crippen LogP contribution >= 0.6 is 11.6 Å². The molecule has 5 heteroatoms. The maximum atomic E-state index is 13.6. The van der Waals surface area contributed by atoms with Crippen molar-refractivity contribution in [2.45, 2.75) is 19.5 Å². The molecule has 0 spiro atoms. The summed E-state index contributed by atoms with van der Waals surface area (Å²) in [5.74, 6) is 0.437. The number of alkyl halides is 1. The van der Waals surface area contributed by atoms with Crippen LogP contribution in [0.5, 0.6) is 0 Å².